The summed E-state index contributed by atoms with van der Waals surface area (Å²) >= 11 is 0. The molecule has 2 N–H and O–H groups in total. The molecule has 2 atom stereocenters. The molecular formula is C11H18N4O3. The maximum atomic E-state index is 11.4. The number of nitrogens with one attached hydrogen (secondary N) is 1. The molecule has 2 heterocycles. The lowest BCUT2D eigenvalue weighted by molar-refractivity contribution is -0.142. The van der Waals surface area contributed by atoms with Crippen LogP contribution in [0.3, 0.4) is 0 Å². The van der Waals surface area contributed by atoms with Crippen molar-refractivity contribution in [1.29, 1.82) is 0 Å². The van der Waals surface area contributed by atoms with Crippen molar-refractivity contribution in [2.24, 2.45) is 0 Å². The van der Waals surface area contributed by atoms with Gasteiger partial charge in [-0.15, -0.1) is 5.10 Å². The summed E-state index contributed by atoms with van der Waals surface area (Å²) < 4.78 is 6.38. The van der Waals surface area contributed by atoms with Gasteiger partial charge in [-0.2, -0.15) is 0 Å². The maximum absolute atomic E-state index is 11.4. The van der Waals surface area contributed by atoms with E-state index in [1.54, 1.807) is 24.7 Å². The molecule has 1 aliphatic rings. The minimum atomic E-state index is -1.01. The molecule has 0 bridgehead atoms. The third-order valence-corrected chi connectivity index (χ3v) is 3.14. The van der Waals surface area contributed by atoms with E-state index in [2.05, 4.69) is 15.6 Å². The molecule has 0 amide bonds. The number of nitrogens with zero attached hydrogens (tertiary/aromatic N) is 3. The Kier molecular flexibility index (Phi) is 3.36. The number of hydrogen-bond donors (Lipinski definition) is 2. The lowest BCUT2D eigenvalue weighted by Crippen LogP contribution is -2.31. The van der Waals surface area contributed by atoms with E-state index in [0.717, 1.165) is 0 Å². The molecular weight excluding hydrogens is 236 g/mol. The minimum Gasteiger partial charge on any atom is -0.468 e. The van der Waals surface area contributed by atoms with E-state index >= 15 is 0 Å². The van der Waals surface area contributed by atoms with Gasteiger partial charge < -0.3 is 15.2 Å². The predicted molar refractivity (Wildman–Crippen MR) is 62.7 cm³/mol. The molecule has 1 saturated heterocycles. The van der Waals surface area contributed by atoms with E-state index in [1.165, 1.54) is 7.11 Å². The number of aliphatic hydroxyl groups is 1. The van der Waals surface area contributed by atoms with Gasteiger partial charge in [-0.05, 0) is 20.3 Å². The van der Waals surface area contributed by atoms with E-state index < -0.39 is 5.60 Å². The molecule has 1 aliphatic heterocycles. The third kappa shape index (κ3) is 2.37. The van der Waals surface area contributed by atoms with E-state index in [-0.39, 0.29) is 18.1 Å². The summed E-state index contributed by atoms with van der Waals surface area (Å²) in [6.07, 6.45) is 2.13. The smallest absolute Gasteiger partial charge is 0.322 e. The Balaban J connectivity index is 2.15. The summed E-state index contributed by atoms with van der Waals surface area (Å²) in [6.45, 7) is 3.97. The summed E-state index contributed by atoms with van der Waals surface area (Å²) in [5, 5.41) is 20.9. The van der Waals surface area contributed by atoms with Crippen LogP contribution in [0.5, 0.6) is 0 Å². The van der Waals surface area contributed by atoms with Gasteiger partial charge in [0, 0.05) is 6.54 Å². The van der Waals surface area contributed by atoms with Crippen molar-refractivity contribution in [3.63, 3.8) is 0 Å². The lowest BCUT2D eigenvalue weighted by atomic mass is 10.1. The highest BCUT2D eigenvalue weighted by Crippen LogP contribution is 2.26. The van der Waals surface area contributed by atoms with Gasteiger partial charge in [0.1, 0.15) is 11.6 Å². The fraction of sp³-hybridized carbons (Fsp3) is 0.727. The normalized spacial score (nSPS) is 24.2. The monoisotopic (exact) mass is 254 g/mol. The first-order valence-electron chi connectivity index (χ1n) is 5.87. The Morgan fingerprint density at radius 3 is 3.00 bits per heavy atom. The van der Waals surface area contributed by atoms with Crippen LogP contribution < -0.4 is 5.32 Å². The Bertz CT molecular complexity index is 438. The Morgan fingerprint density at radius 2 is 2.39 bits per heavy atom. The second-order valence-electron chi connectivity index (χ2n) is 5.00. The van der Waals surface area contributed by atoms with Gasteiger partial charge in [-0.1, -0.05) is 5.21 Å². The topological polar surface area (TPSA) is 89.3 Å². The fourth-order valence-corrected chi connectivity index (χ4v) is 2.18. The van der Waals surface area contributed by atoms with Crippen molar-refractivity contribution < 1.29 is 14.6 Å². The zero-order valence-electron chi connectivity index (χ0n) is 10.8. The van der Waals surface area contributed by atoms with E-state index in [9.17, 15) is 9.90 Å². The summed E-state index contributed by atoms with van der Waals surface area (Å²) in [7, 11) is 1.37. The summed E-state index contributed by atoms with van der Waals surface area (Å²) in [5.41, 5.74) is -0.368. The van der Waals surface area contributed by atoms with Gasteiger partial charge in [-0.25, -0.2) is 4.68 Å². The lowest BCUT2D eigenvalue weighted by Gasteiger charge is -2.21. The number of ether oxygens (including phenoxy) is 1. The van der Waals surface area contributed by atoms with Gasteiger partial charge >= 0.3 is 5.97 Å². The van der Waals surface area contributed by atoms with Crippen LogP contribution in [-0.2, 0) is 15.1 Å². The van der Waals surface area contributed by atoms with Crippen molar-refractivity contribution in [1.82, 2.24) is 20.3 Å². The number of carbonyl (C=O) groups is 1. The molecule has 2 rings (SSSR count). The van der Waals surface area contributed by atoms with Gasteiger partial charge in [0.15, 0.2) is 0 Å². The van der Waals surface area contributed by atoms with Crippen LogP contribution in [0, 0.1) is 0 Å². The quantitative estimate of drug-likeness (QED) is 0.712. The largest absolute Gasteiger partial charge is 0.468 e. The highest BCUT2D eigenvalue weighted by molar-refractivity contribution is 5.76. The average molecular weight is 254 g/mol. The van der Waals surface area contributed by atoms with E-state index in [0.29, 0.717) is 18.7 Å². The summed E-state index contributed by atoms with van der Waals surface area (Å²) in [6, 6.07) is -0.322. The number of rotatable bonds is 3. The summed E-state index contributed by atoms with van der Waals surface area (Å²) in [4.78, 5) is 11.4. The molecule has 1 fully saturated rings. The van der Waals surface area contributed by atoms with E-state index in [1.807, 2.05) is 0 Å². The van der Waals surface area contributed by atoms with Gasteiger partial charge in [0.2, 0.25) is 0 Å². The second-order valence-corrected chi connectivity index (χ2v) is 5.00. The number of methoxy groups -OCH3 is 1. The third-order valence-electron chi connectivity index (χ3n) is 3.14. The van der Waals surface area contributed by atoms with Crippen molar-refractivity contribution >= 4 is 5.97 Å². The number of esters is 1. The van der Waals surface area contributed by atoms with Gasteiger partial charge in [0.25, 0.3) is 0 Å². The molecule has 100 valence electrons. The molecule has 0 unspecified atom stereocenters. The molecule has 0 radical (unpaired) electrons. The molecule has 1 aromatic rings. The SMILES string of the molecule is COC(=O)[C@@H]1C[C@H](n2nncc2C(C)(C)O)CN1. The molecule has 18 heavy (non-hydrogen) atoms. The van der Waals surface area contributed by atoms with Crippen LogP contribution >= 0.6 is 0 Å². The van der Waals surface area contributed by atoms with Crippen LogP contribution in [0.25, 0.3) is 0 Å². The minimum absolute atomic E-state index is 0.00183. The molecule has 0 spiro atoms. The van der Waals surface area contributed by atoms with Crippen LogP contribution in [-0.4, -0.2) is 45.8 Å². The second kappa shape index (κ2) is 4.66. The van der Waals surface area contributed by atoms with Crippen LogP contribution in [0.1, 0.15) is 32.0 Å². The van der Waals surface area contributed by atoms with Crippen molar-refractivity contribution in [2.45, 2.75) is 38.0 Å². The first kappa shape index (κ1) is 13.0. The van der Waals surface area contributed by atoms with Crippen LogP contribution in [0.15, 0.2) is 6.20 Å². The Labute approximate surface area is 105 Å². The molecule has 0 aromatic carbocycles. The molecule has 1 aromatic heterocycles. The molecule has 7 heteroatoms. The van der Waals surface area contributed by atoms with Crippen molar-refractivity contribution in [3.8, 4) is 0 Å². The Morgan fingerprint density at radius 1 is 1.67 bits per heavy atom. The number of hydrogen-bond acceptors (Lipinski definition) is 6. The predicted octanol–water partition coefficient (Wildman–Crippen LogP) is -0.418. The van der Waals surface area contributed by atoms with Gasteiger partial charge in [-0.3, -0.25) is 4.79 Å². The maximum Gasteiger partial charge on any atom is 0.322 e. The number of aromatic nitrogens is 3. The van der Waals surface area contributed by atoms with Gasteiger partial charge in [0.05, 0.1) is 25.0 Å². The zero-order valence-corrected chi connectivity index (χ0v) is 10.8. The van der Waals surface area contributed by atoms with Crippen molar-refractivity contribution in [3.05, 3.63) is 11.9 Å². The van der Waals surface area contributed by atoms with Crippen molar-refractivity contribution in [2.75, 3.05) is 13.7 Å². The summed E-state index contributed by atoms with van der Waals surface area (Å²) in [5.74, 6) is -0.276. The zero-order chi connectivity index (χ0) is 13.3. The molecule has 0 aliphatic carbocycles. The first-order valence-corrected chi connectivity index (χ1v) is 5.87. The highest BCUT2D eigenvalue weighted by atomic mass is 16.5. The average Bonchev–Trinajstić information content (AvgIpc) is 2.94. The van der Waals surface area contributed by atoms with Crippen LogP contribution in [0.2, 0.25) is 0 Å². The van der Waals surface area contributed by atoms with E-state index in [4.69, 9.17) is 4.74 Å². The molecule has 0 saturated carbocycles. The Hall–Kier alpha value is -1.47. The number of carbonyl (C=O) groups excluding carboxylic acids is 1. The standard InChI is InChI=1S/C11H18N4O3/c1-11(2,17)9-6-13-14-15(9)7-4-8(12-5-7)10(16)18-3/h6-8,12,17H,4-5H2,1-3H3/t7-,8-/m0/s1. The fourth-order valence-electron chi connectivity index (χ4n) is 2.18. The first-order chi connectivity index (χ1) is 8.43. The molecule has 7 nitrogen and oxygen atoms in total. The highest BCUT2D eigenvalue weighted by Gasteiger charge is 2.34. The van der Waals surface area contributed by atoms with Crippen LogP contribution in [0.4, 0.5) is 0 Å².